The molecule has 1 aromatic rings. The van der Waals surface area contributed by atoms with Crippen molar-refractivity contribution < 1.29 is 4.74 Å². The van der Waals surface area contributed by atoms with E-state index in [0.717, 1.165) is 31.3 Å². The summed E-state index contributed by atoms with van der Waals surface area (Å²) in [4.78, 5) is 15.1. The molecule has 1 aromatic heterocycles. The summed E-state index contributed by atoms with van der Waals surface area (Å²) in [5, 5.41) is 0. The minimum atomic E-state index is 0.248. The molecule has 0 aromatic carbocycles. The predicted octanol–water partition coefficient (Wildman–Crippen LogP) is 1.87. The average Bonchev–Trinajstić information content (AvgIpc) is 3.30. The highest BCUT2D eigenvalue weighted by molar-refractivity contribution is 5.36. The summed E-state index contributed by atoms with van der Waals surface area (Å²) in [6.07, 6.45) is 6.21. The molecule has 3 rings (SSSR count). The van der Waals surface area contributed by atoms with Crippen molar-refractivity contribution in [2.45, 2.75) is 39.0 Å². The van der Waals surface area contributed by atoms with Crippen molar-refractivity contribution in [1.29, 1.82) is 0 Å². The second kappa shape index (κ2) is 5.81. The van der Waals surface area contributed by atoms with Gasteiger partial charge < -0.3 is 15.4 Å². The van der Waals surface area contributed by atoms with Gasteiger partial charge in [-0.05, 0) is 43.9 Å². The number of hydrogen-bond donors (Lipinski definition) is 1. The molecule has 20 heavy (non-hydrogen) atoms. The number of nitrogens with zero attached hydrogens (tertiary/aromatic N) is 4. The molecule has 0 spiro atoms. The van der Waals surface area contributed by atoms with E-state index >= 15 is 0 Å². The largest absolute Gasteiger partial charge is 0.463 e. The van der Waals surface area contributed by atoms with Gasteiger partial charge in [0.25, 0.3) is 0 Å². The van der Waals surface area contributed by atoms with Gasteiger partial charge in [-0.1, -0.05) is 6.92 Å². The number of aromatic nitrogens is 3. The quantitative estimate of drug-likeness (QED) is 0.781. The van der Waals surface area contributed by atoms with E-state index in [1.165, 1.54) is 25.7 Å². The summed E-state index contributed by atoms with van der Waals surface area (Å²) in [6.45, 7) is 4.73. The Morgan fingerprint density at radius 2 is 1.75 bits per heavy atom. The maximum absolute atomic E-state index is 5.79. The molecule has 6 nitrogen and oxygen atoms in total. The minimum absolute atomic E-state index is 0.248. The third-order valence-corrected chi connectivity index (χ3v) is 3.69. The van der Waals surface area contributed by atoms with E-state index in [1.807, 2.05) is 0 Å². The van der Waals surface area contributed by atoms with Crippen molar-refractivity contribution in [2.24, 2.45) is 11.8 Å². The highest BCUT2D eigenvalue weighted by atomic mass is 16.5. The van der Waals surface area contributed by atoms with Gasteiger partial charge in [0.05, 0.1) is 6.61 Å². The molecule has 0 radical (unpaired) electrons. The van der Waals surface area contributed by atoms with Crippen LogP contribution >= 0.6 is 0 Å². The number of anilines is 2. The predicted molar refractivity (Wildman–Crippen MR) is 77.7 cm³/mol. The van der Waals surface area contributed by atoms with Crippen molar-refractivity contribution in [3.05, 3.63) is 0 Å². The van der Waals surface area contributed by atoms with Crippen LogP contribution in [-0.4, -0.2) is 34.6 Å². The number of nitrogens with two attached hydrogens (primary N) is 1. The molecule has 2 saturated carbocycles. The molecule has 2 aliphatic rings. The van der Waals surface area contributed by atoms with E-state index in [0.29, 0.717) is 18.6 Å². The number of nitrogen functional groups attached to an aromatic ring is 1. The minimum Gasteiger partial charge on any atom is -0.463 e. The molecule has 0 aliphatic heterocycles. The van der Waals surface area contributed by atoms with Crippen molar-refractivity contribution in [1.82, 2.24) is 15.0 Å². The molecular formula is C14H23N5O. The van der Waals surface area contributed by atoms with Gasteiger partial charge in [-0.2, -0.15) is 15.0 Å². The molecule has 0 saturated heterocycles. The molecule has 2 fully saturated rings. The lowest BCUT2D eigenvalue weighted by Gasteiger charge is -2.22. The fourth-order valence-electron chi connectivity index (χ4n) is 2.22. The highest BCUT2D eigenvalue weighted by Gasteiger charge is 2.30. The Bertz CT molecular complexity index is 445. The highest BCUT2D eigenvalue weighted by Crippen LogP contribution is 2.35. The van der Waals surface area contributed by atoms with Gasteiger partial charge in [-0.3, -0.25) is 0 Å². The molecule has 0 unspecified atom stereocenters. The van der Waals surface area contributed by atoms with E-state index in [9.17, 15) is 0 Å². The van der Waals surface area contributed by atoms with Crippen molar-refractivity contribution >= 4 is 11.9 Å². The van der Waals surface area contributed by atoms with Gasteiger partial charge in [0.2, 0.25) is 11.9 Å². The topological polar surface area (TPSA) is 77.2 Å². The third-order valence-electron chi connectivity index (χ3n) is 3.69. The summed E-state index contributed by atoms with van der Waals surface area (Å²) in [5.74, 6) is 2.53. The maximum atomic E-state index is 5.79. The summed E-state index contributed by atoms with van der Waals surface area (Å²) < 4.78 is 5.50. The third kappa shape index (κ3) is 3.71. The lowest BCUT2D eigenvalue weighted by atomic mass is 10.3. The Balaban J connectivity index is 1.74. The summed E-state index contributed by atoms with van der Waals surface area (Å²) in [7, 11) is 0. The fourth-order valence-corrected chi connectivity index (χ4v) is 2.22. The SMILES string of the molecule is CCCOc1nc(N)nc(N(CC2CC2)CC2CC2)n1. The second-order valence-corrected chi connectivity index (χ2v) is 5.92. The lowest BCUT2D eigenvalue weighted by Crippen LogP contribution is -2.30. The van der Waals surface area contributed by atoms with E-state index in [-0.39, 0.29) is 5.95 Å². The number of ether oxygens (including phenoxy) is 1. The Hall–Kier alpha value is -1.59. The van der Waals surface area contributed by atoms with Crippen LogP contribution in [0, 0.1) is 11.8 Å². The number of rotatable bonds is 8. The first-order chi connectivity index (χ1) is 9.74. The zero-order chi connectivity index (χ0) is 13.9. The fraction of sp³-hybridized carbons (Fsp3) is 0.786. The van der Waals surface area contributed by atoms with Crippen molar-refractivity contribution in [2.75, 3.05) is 30.3 Å². The molecule has 0 bridgehead atoms. The van der Waals surface area contributed by atoms with E-state index < -0.39 is 0 Å². The second-order valence-electron chi connectivity index (χ2n) is 5.92. The van der Waals surface area contributed by atoms with Crippen LogP contribution in [0.5, 0.6) is 6.01 Å². The number of hydrogen-bond acceptors (Lipinski definition) is 6. The average molecular weight is 277 g/mol. The van der Waals surface area contributed by atoms with Crippen LogP contribution in [0.1, 0.15) is 39.0 Å². The van der Waals surface area contributed by atoms with Crippen LogP contribution in [0.3, 0.4) is 0 Å². The summed E-state index contributed by atoms with van der Waals surface area (Å²) in [6, 6.07) is 0.353. The van der Waals surface area contributed by atoms with E-state index in [2.05, 4.69) is 26.8 Å². The first-order valence-electron chi connectivity index (χ1n) is 7.64. The van der Waals surface area contributed by atoms with Crippen molar-refractivity contribution in [3.8, 4) is 6.01 Å². The van der Waals surface area contributed by atoms with Gasteiger partial charge in [0.15, 0.2) is 0 Å². The molecule has 0 amide bonds. The Kier molecular flexibility index (Phi) is 3.89. The van der Waals surface area contributed by atoms with Gasteiger partial charge in [-0.15, -0.1) is 0 Å². The smallest absolute Gasteiger partial charge is 0.323 e. The first kappa shape index (κ1) is 13.4. The summed E-state index contributed by atoms with van der Waals surface area (Å²) in [5.41, 5.74) is 5.79. The molecule has 6 heteroatoms. The van der Waals surface area contributed by atoms with Gasteiger partial charge in [0.1, 0.15) is 0 Å². The standard InChI is InChI=1S/C14H23N5O/c1-2-7-20-14-17-12(15)16-13(18-14)19(8-10-3-4-10)9-11-5-6-11/h10-11H,2-9H2,1H3,(H2,15,16,17,18). The monoisotopic (exact) mass is 277 g/mol. The van der Waals surface area contributed by atoms with Crippen LogP contribution in [0.4, 0.5) is 11.9 Å². The van der Waals surface area contributed by atoms with E-state index in [4.69, 9.17) is 10.5 Å². The molecular weight excluding hydrogens is 254 g/mol. The van der Waals surface area contributed by atoms with Crippen LogP contribution < -0.4 is 15.4 Å². The summed E-state index contributed by atoms with van der Waals surface area (Å²) >= 11 is 0. The van der Waals surface area contributed by atoms with Crippen LogP contribution in [-0.2, 0) is 0 Å². The zero-order valence-corrected chi connectivity index (χ0v) is 12.1. The Morgan fingerprint density at radius 3 is 2.30 bits per heavy atom. The van der Waals surface area contributed by atoms with Crippen LogP contribution in [0.15, 0.2) is 0 Å². The van der Waals surface area contributed by atoms with E-state index in [1.54, 1.807) is 0 Å². The molecule has 2 aliphatic carbocycles. The maximum Gasteiger partial charge on any atom is 0.323 e. The van der Waals surface area contributed by atoms with Crippen molar-refractivity contribution in [3.63, 3.8) is 0 Å². The lowest BCUT2D eigenvalue weighted by molar-refractivity contribution is 0.292. The molecule has 1 heterocycles. The van der Waals surface area contributed by atoms with Gasteiger partial charge in [-0.25, -0.2) is 0 Å². The molecule has 110 valence electrons. The zero-order valence-electron chi connectivity index (χ0n) is 12.1. The Morgan fingerprint density at radius 1 is 1.10 bits per heavy atom. The van der Waals surface area contributed by atoms with Gasteiger partial charge in [0, 0.05) is 13.1 Å². The molecule has 2 N–H and O–H groups in total. The molecule has 0 atom stereocenters. The normalized spacial score (nSPS) is 18.1. The Labute approximate surface area is 119 Å². The van der Waals surface area contributed by atoms with Gasteiger partial charge >= 0.3 is 6.01 Å². The van der Waals surface area contributed by atoms with Crippen LogP contribution in [0.2, 0.25) is 0 Å². The van der Waals surface area contributed by atoms with Crippen LogP contribution in [0.25, 0.3) is 0 Å². The first-order valence-corrected chi connectivity index (χ1v) is 7.64.